The molecule has 59 valence electrons. The SMILES string of the molecule is [CH2]OCCSc1ccccc1. The van der Waals surface area contributed by atoms with Gasteiger partial charge in [-0.25, -0.2) is 0 Å². The second kappa shape index (κ2) is 5.22. The van der Waals surface area contributed by atoms with Crippen LogP contribution in [-0.2, 0) is 4.74 Å². The number of ether oxygens (including phenoxy) is 1. The quantitative estimate of drug-likeness (QED) is 0.503. The predicted molar refractivity (Wildman–Crippen MR) is 48.5 cm³/mol. The van der Waals surface area contributed by atoms with E-state index in [1.807, 2.05) is 18.2 Å². The molecule has 0 fully saturated rings. The summed E-state index contributed by atoms with van der Waals surface area (Å²) in [5.74, 6) is 0.966. The van der Waals surface area contributed by atoms with Crippen LogP contribution >= 0.6 is 11.8 Å². The lowest BCUT2D eigenvalue weighted by molar-refractivity contribution is 0.265. The summed E-state index contributed by atoms with van der Waals surface area (Å²) in [5, 5.41) is 0. The first-order valence-corrected chi connectivity index (χ1v) is 4.47. The maximum absolute atomic E-state index is 4.69. The maximum Gasteiger partial charge on any atom is 0.0700 e. The van der Waals surface area contributed by atoms with E-state index in [0.717, 1.165) is 5.75 Å². The van der Waals surface area contributed by atoms with Gasteiger partial charge < -0.3 is 4.74 Å². The second-order valence-corrected chi connectivity index (χ2v) is 3.24. The Bertz CT molecular complexity index is 186. The van der Waals surface area contributed by atoms with E-state index in [1.165, 1.54) is 4.90 Å². The Hall–Kier alpha value is -0.470. The van der Waals surface area contributed by atoms with Crippen LogP contribution in [0.15, 0.2) is 35.2 Å². The van der Waals surface area contributed by atoms with E-state index < -0.39 is 0 Å². The van der Waals surface area contributed by atoms with Gasteiger partial charge in [0.1, 0.15) is 0 Å². The molecule has 0 aromatic heterocycles. The average Bonchev–Trinajstić information content (AvgIpc) is 2.07. The van der Waals surface area contributed by atoms with Crippen molar-refractivity contribution in [2.24, 2.45) is 0 Å². The summed E-state index contributed by atoms with van der Waals surface area (Å²) in [6, 6.07) is 10.3. The molecule has 0 amide bonds. The summed E-state index contributed by atoms with van der Waals surface area (Å²) >= 11 is 1.78. The molecule has 0 heterocycles. The molecule has 0 aliphatic heterocycles. The zero-order valence-electron chi connectivity index (χ0n) is 6.32. The van der Waals surface area contributed by atoms with E-state index in [4.69, 9.17) is 4.74 Å². The van der Waals surface area contributed by atoms with Gasteiger partial charge in [0.25, 0.3) is 0 Å². The molecule has 1 aromatic carbocycles. The van der Waals surface area contributed by atoms with Crippen LogP contribution in [0.4, 0.5) is 0 Å². The molecule has 2 heteroatoms. The molecular formula is C9H11OS. The van der Waals surface area contributed by atoms with Crippen molar-refractivity contribution in [1.29, 1.82) is 0 Å². The largest absolute Gasteiger partial charge is 0.378 e. The highest BCUT2D eigenvalue weighted by atomic mass is 32.2. The van der Waals surface area contributed by atoms with Gasteiger partial charge in [0.2, 0.25) is 0 Å². The van der Waals surface area contributed by atoms with Gasteiger partial charge in [0, 0.05) is 10.6 Å². The van der Waals surface area contributed by atoms with Gasteiger partial charge in [-0.15, -0.1) is 11.8 Å². The topological polar surface area (TPSA) is 9.23 Å². The van der Waals surface area contributed by atoms with Crippen LogP contribution in [0.2, 0.25) is 0 Å². The van der Waals surface area contributed by atoms with Crippen molar-refractivity contribution in [3.63, 3.8) is 0 Å². The standard InChI is InChI=1S/C9H11OS/c1-10-7-8-11-9-5-3-2-4-6-9/h2-6H,1,7-8H2. The molecular weight excluding hydrogens is 156 g/mol. The van der Waals surface area contributed by atoms with Crippen LogP contribution in [0.1, 0.15) is 0 Å². The molecule has 0 bridgehead atoms. The Kier molecular flexibility index (Phi) is 4.09. The zero-order chi connectivity index (χ0) is 7.94. The van der Waals surface area contributed by atoms with Gasteiger partial charge in [-0.1, -0.05) is 18.2 Å². The molecule has 11 heavy (non-hydrogen) atoms. The maximum atomic E-state index is 4.69. The lowest BCUT2D eigenvalue weighted by Gasteiger charge is -1.98. The fraction of sp³-hybridized carbons (Fsp3) is 0.222. The molecule has 1 aromatic rings. The van der Waals surface area contributed by atoms with Crippen LogP contribution in [0.5, 0.6) is 0 Å². The van der Waals surface area contributed by atoms with Crippen molar-refractivity contribution in [2.45, 2.75) is 4.90 Å². The van der Waals surface area contributed by atoms with E-state index in [0.29, 0.717) is 6.61 Å². The van der Waals surface area contributed by atoms with Crippen molar-refractivity contribution in [3.05, 3.63) is 37.4 Å². The van der Waals surface area contributed by atoms with E-state index in [9.17, 15) is 0 Å². The Morgan fingerprint density at radius 2 is 2.00 bits per heavy atom. The summed E-state index contributed by atoms with van der Waals surface area (Å²) in [6.07, 6.45) is 0. The first kappa shape index (κ1) is 8.62. The van der Waals surface area contributed by atoms with Crippen molar-refractivity contribution in [3.8, 4) is 0 Å². The fourth-order valence-corrected chi connectivity index (χ4v) is 1.52. The van der Waals surface area contributed by atoms with Gasteiger partial charge in [-0.3, -0.25) is 0 Å². The van der Waals surface area contributed by atoms with Crippen LogP contribution < -0.4 is 0 Å². The van der Waals surface area contributed by atoms with Gasteiger partial charge in [0.15, 0.2) is 0 Å². The van der Waals surface area contributed by atoms with Crippen molar-refractivity contribution in [2.75, 3.05) is 12.4 Å². The van der Waals surface area contributed by atoms with E-state index in [2.05, 4.69) is 19.2 Å². The first-order valence-electron chi connectivity index (χ1n) is 3.48. The fourth-order valence-electron chi connectivity index (χ4n) is 0.735. The summed E-state index contributed by atoms with van der Waals surface area (Å²) in [5.41, 5.74) is 0. The van der Waals surface area contributed by atoms with Crippen molar-refractivity contribution in [1.82, 2.24) is 0 Å². The minimum atomic E-state index is 0.708. The molecule has 0 N–H and O–H groups in total. The molecule has 0 unspecified atom stereocenters. The third-order valence-corrected chi connectivity index (χ3v) is 2.22. The van der Waals surface area contributed by atoms with E-state index in [-0.39, 0.29) is 0 Å². The molecule has 1 radical (unpaired) electrons. The molecule has 0 spiro atoms. The Morgan fingerprint density at radius 3 is 2.64 bits per heavy atom. The Morgan fingerprint density at radius 1 is 1.27 bits per heavy atom. The first-order chi connectivity index (χ1) is 5.43. The smallest absolute Gasteiger partial charge is 0.0700 e. The minimum Gasteiger partial charge on any atom is -0.378 e. The normalized spacial score (nSPS) is 9.91. The Labute approximate surface area is 71.8 Å². The van der Waals surface area contributed by atoms with Crippen LogP contribution in [0, 0.1) is 7.11 Å². The molecule has 1 rings (SSSR count). The average molecular weight is 167 g/mol. The minimum absolute atomic E-state index is 0.708. The monoisotopic (exact) mass is 167 g/mol. The molecule has 1 nitrogen and oxygen atoms in total. The number of thioether (sulfide) groups is 1. The molecule has 0 saturated carbocycles. The number of hydrogen-bond acceptors (Lipinski definition) is 2. The third-order valence-electron chi connectivity index (χ3n) is 1.24. The highest BCUT2D eigenvalue weighted by molar-refractivity contribution is 7.99. The van der Waals surface area contributed by atoms with Crippen molar-refractivity contribution < 1.29 is 4.74 Å². The Balaban J connectivity index is 2.28. The highest BCUT2D eigenvalue weighted by Gasteiger charge is 1.89. The zero-order valence-corrected chi connectivity index (χ0v) is 7.14. The van der Waals surface area contributed by atoms with Gasteiger partial charge >= 0.3 is 0 Å². The summed E-state index contributed by atoms with van der Waals surface area (Å²) in [4.78, 5) is 1.28. The summed E-state index contributed by atoms with van der Waals surface area (Å²) in [6.45, 7) is 0.708. The van der Waals surface area contributed by atoms with E-state index >= 15 is 0 Å². The number of benzene rings is 1. The van der Waals surface area contributed by atoms with Gasteiger partial charge in [-0.2, -0.15) is 0 Å². The van der Waals surface area contributed by atoms with E-state index in [1.54, 1.807) is 11.8 Å². The lowest BCUT2D eigenvalue weighted by atomic mass is 10.4. The number of rotatable bonds is 4. The molecule has 0 atom stereocenters. The second-order valence-electron chi connectivity index (χ2n) is 2.07. The highest BCUT2D eigenvalue weighted by Crippen LogP contribution is 2.15. The van der Waals surface area contributed by atoms with Crippen molar-refractivity contribution >= 4 is 11.8 Å². The molecule has 0 saturated heterocycles. The van der Waals surface area contributed by atoms with Gasteiger partial charge in [0.05, 0.1) is 13.7 Å². The van der Waals surface area contributed by atoms with Crippen LogP contribution in [0.25, 0.3) is 0 Å². The summed E-state index contributed by atoms with van der Waals surface area (Å²) in [7, 11) is 3.30. The molecule has 0 aliphatic carbocycles. The summed E-state index contributed by atoms with van der Waals surface area (Å²) < 4.78 is 4.69. The lowest BCUT2D eigenvalue weighted by Crippen LogP contribution is -1.88. The van der Waals surface area contributed by atoms with Crippen LogP contribution in [-0.4, -0.2) is 12.4 Å². The van der Waals surface area contributed by atoms with Gasteiger partial charge in [-0.05, 0) is 12.1 Å². The predicted octanol–water partition coefficient (Wildman–Crippen LogP) is 2.59. The molecule has 0 aliphatic rings. The number of hydrogen-bond donors (Lipinski definition) is 0. The third kappa shape index (κ3) is 3.44. The van der Waals surface area contributed by atoms with Crippen LogP contribution in [0.3, 0.4) is 0 Å².